The number of nitrogens with zero attached hydrogens (tertiary/aromatic N) is 2. The Morgan fingerprint density at radius 2 is 1.69 bits per heavy atom. The van der Waals surface area contributed by atoms with Gasteiger partial charge in [-0.05, 0) is 70.2 Å². The zero-order valence-electron chi connectivity index (χ0n) is 24.4. The van der Waals surface area contributed by atoms with Crippen LogP contribution in [0.5, 0.6) is 0 Å². The van der Waals surface area contributed by atoms with E-state index in [0.29, 0.717) is 18.4 Å². The molecule has 4 heteroatoms. The number of benzene rings is 3. The molecule has 1 fully saturated rings. The fourth-order valence-corrected chi connectivity index (χ4v) is 7.22. The fourth-order valence-electron chi connectivity index (χ4n) is 7.22. The molecule has 0 radical (unpaired) electrons. The largest absolute Gasteiger partial charge is 0.364 e. The Bertz CT molecular complexity index is 1690. The van der Waals surface area contributed by atoms with Crippen LogP contribution in [-0.4, -0.2) is 48.3 Å². The molecule has 212 valence electrons. The first kappa shape index (κ1) is 26.9. The van der Waals surface area contributed by atoms with E-state index in [4.69, 9.17) is 0 Å². The highest BCUT2D eigenvalue weighted by atomic mass is 16.1. The van der Waals surface area contributed by atoms with Crippen LogP contribution in [0.2, 0.25) is 0 Å². The van der Waals surface area contributed by atoms with E-state index in [9.17, 15) is 4.79 Å². The number of Topliss-reactive ketones (excluding diaryl/α,β-unsaturated/α-hetero) is 1. The molecule has 0 saturated carbocycles. The second kappa shape index (κ2) is 11.7. The van der Waals surface area contributed by atoms with E-state index in [1.807, 2.05) is 18.4 Å². The molecule has 3 atom stereocenters. The van der Waals surface area contributed by atoms with Crippen molar-refractivity contribution in [2.24, 2.45) is 5.92 Å². The van der Waals surface area contributed by atoms with Gasteiger partial charge in [0.05, 0.1) is 6.54 Å². The SMILES string of the molecule is CC(c1ccccc1)N1CCN(CC(=O)C2C=c3c(ccc4c3=CCc3ccccc3-4)C(C3=CC=CC=CN3)C2)CC1. The van der Waals surface area contributed by atoms with Crippen molar-refractivity contribution in [3.05, 3.63) is 130 Å². The van der Waals surface area contributed by atoms with Crippen LogP contribution in [-0.2, 0) is 11.2 Å². The van der Waals surface area contributed by atoms with Gasteiger partial charge in [0, 0.05) is 56.0 Å². The number of hydrogen-bond donors (Lipinski definition) is 1. The van der Waals surface area contributed by atoms with E-state index in [1.54, 1.807) is 0 Å². The van der Waals surface area contributed by atoms with Crippen molar-refractivity contribution in [2.45, 2.75) is 31.7 Å². The molecule has 4 nitrogen and oxygen atoms in total. The summed E-state index contributed by atoms with van der Waals surface area (Å²) in [6.07, 6.45) is 16.7. The molecule has 3 aromatic rings. The number of carbonyl (C=O) groups excluding carboxylic acids is 1. The Morgan fingerprint density at radius 3 is 2.55 bits per heavy atom. The molecule has 2 heterocycles. The van der Waals surface area contributed by atoms with Gasteiger partial charge in [0.15, 0.2) is 5.78 Å². The van der Waals surface area contributed by atoms with Crippen molar-refractivity contribution < 1.29 is 4.79 Å². The lowest BCUT2D eigenvalue weighted by Crippen LogP contribution is -2.49. The van der Waals surface area contributed by atoms with Crippen molar-refractivity contribution >= 4 is 17.9 Å². The molecule has 1 saturated heterocycles. The van der Waals surface area contributed by atoms with Gasteiger partial charge in [-0.1, -0.05) is 91.0 Å². The Balaban J connectivity index is 1.15. The number of fused-ring (bicyclic) bond motifs is 5. The number of piperazine rings is 1. The highest BCUT2D eigenvalue weighted by Crippen LogP contribution is 2.34. The first-order chi connectivity index (χ1) is 20.7. The monoisotopic (exact) mass is 553 g/mol. The number of carbonyl (C=O) groups is 1. The van der Waals surface area contributed by atoms with Crippen LogP contribution in [0.3, 0.4) is 0 Å². The maximum absolute atomic E-state index is 14.0. The molecule has 0 bridgehead atoms. The molecule has 0 amide bonds. The van der Waals surface area contributed by atoms with Crippen LogP contribution >= 0.6 is 0 Å². The topological polar surface area (TPSA) is 35.6 Å². The smallest absolute Gasteiger partial charge is 0.153 e. The minimum absolute atomic E-state index is 0.111. The Hall–Kier alpha value is -3.99. The lowest BCUT2D eigenvalue weighted by molar-refractivity contribution is -0.123. The maximum atomic E-state index is 14.0. The van der Waals surface area contributed by atoms with Crippen LogP contribution < -0.4 is 15.8 Å². The normalized spacial score (nSPS) is 22.3. The zero-order valence-corrected chi connectivity index (χ0v) is 24.4. The van der Waals surface area contributed by atoms with Gasteiger partial charge in [-0.3, -0.25) is 14.6 Å². The summed E-state index contributed by atoms with van der Waals surface area (Å²) in [5, 5.41) is 6.06. The average Bonchev–Trinajstić information content (AvgIpc) is 3.34. The van der Waals surface area contributed by atoms with E-state index in [0.717, 1.165) is 44.7 Å². The second-order valence-corrected chi connectivity index (χ2v) is 12.0. The van der Waals surface area contributed by atoms with Gasteiger partial charge in [0.25, 0.3) is 0 Å². The molecule has 0 spiro atoms. The minimum Gasteiger partial charge on any atom is -0.364 e. The highest BCUT2D eigenvalue weighted by molar-refractivity contribution is 5.89. The molecule has 1 N–H and O–H groups in total. The third-order valence-corrected chi connectivity index (χ3v) is 9.64. The maximum Gasteiger partial charge on any atom is 0.153 e. The number of ketones is 1. The Labute approximate surface area is 249 Å². The van der Waals surface area contributed by atoms with E-state index in [2.05, 4.69) is 113 Å². The molecule has 42 heavy (non-hydrogen) atoms. The van der Waals surface area contributed by atoms with Crippen molar-refractivity contribution in [1.82, 2.24) is 15.1 Å². The third kappa shape index (κ3) is 5.21. The zero-order chi connectivity index (χ0) is 28.5. The summed E-state index contributed by atoms with van der Waals surface area (Å²) in [6.45, 7) is 6.64. The average molecular weight is 554 g/mol. The first-order valence-electron chi connectivity index (χ1n) is 15.4. The van der Waals surface area contributed by atoms with Gasteiger partial charge in [0.2, 0.25) is 0 Å². The van der Waals surface area contributed by atoms with E-state index in [-0.39, 0.29) is 11.8 Å². The molecule has 4 aliphatic rings. The Kier molecular flexibility index (Phi) is 7.50. The predicted octanol–water partition coefficient (Wildman–Crippen LogP) is 5.08. The molecular weight excluding hydrogens is 514 g/mol. The van der Waals surface area contributed by atoms with Crippen LogP contribution in [0.1, 0.15) is 42.0 Å². The molecule has 2 aliphatic heterocycles. The van der Waals surface area contributed by atoms with Crippen LogP contribution in [0, 0.1) is 5.92 Å². The van der Waals surface area contributed by atoms with Gasteiger partial charge < -0.3 is 5.32 Å². The quantitative estimate of drug-likeness (QED) is 0.462. The second-order valence-electron chi connectivity index (χ2n) is 12.0. The van der Waals surface area contributed by atoms with E-state index >= 15 is 0 Å². The van der Waals surface area contributed by atoms with Crippen LogP contribution in [0.15, 0.2) is 103 Å². The van der Waals surface area contributed by atoms with Gasteiger partial charge in [-0.25, -0.2) is 0 Å². The number of rotatable bonds is 6. The van der Waals surface area contributed by atoms with Crippen molar-refractivity contribution in [3.8, 4) is 11.1 Å². The van der Waals surface area contributed by atoms with E-state index in [1.165, 1.54) is 38.3 Å². The van der Waals surface area contributed by atoms with Gasteiger partial charge in [-0.15, -0.1) is 0 Å². The number of nitrogens with one attached hydrogen (secondary N) is 1. The standard InChI is InChI=1S/C38H39N3O/c1-27(28-10-4-2-5-11-28)41-22-20-40(21-23-41)26-38(42)30-24-35-33-16-15-29-12-7-8-13-31(29)32(33)17-18-34(35)36(25-30)37-14-6-3-9-19-39-37/h2-14,16-19,24,27,30,36,39H,15,20-23,25-26H2,1H3. The summed E-state index contributed by atoms with van der Waals surface area (Å²) < 4.78 is 0. The van der Waals surface area contributed by atoms with Gasteiger partial charge in [-0.2, -0.15) is 0 Å². The van der Waals surface area contributed by atoms with Gasteiger partial charge in [0.1, 0.15) is 0 Å². The summed E-state index contributed by atoms with van der Waals surface area (Å²) in [5.74, 6) is 0.370. The van der Waals surface area contributed by atoms with Crippen molar-refractivity contribution in [3.63, 3.8) is 0 Å². The highest BCUT2D eigenvalue weighted by Gasteiger charge is 2.32. The summed E-state index contributed by atoms with van der Waals surface area (Å²) in [4.78, 5) is 18.9. The third-order valence-electron chi connectivity index (χ3n) is 9.64. The summed E-state index contributed by atoms with van der Waals surface area (Å²) in [6, 6.07) is 24.5. The van der Waals surface area contributed by atoms with E-state index < -0.39 is 0 Å². The number of hydrogen-bond acceptors (Lipinski definition) is 4. The first-order valence-corrected chi connectivity index (χ1v) is 15.4. The molecule has 0 aromatic heterocycles. The summed E-state index contributed by atoms with van der Waals surface area (Å²) >= 11 is 0. The molecular formula is C38H39N3O. The molecule has 7 rings (SSSR count). The molecule has 2 aliphatic carbocycles. The lowest BCUT2D eigenvalue weighted by atomic mass is 9.76. The van der Waals surface area contributed by atoms with Crippen molar-refractivity contribution in [1.29, 1.82) is 0 Å². The van der Waals surface area contributed by atoms with Gasteiger partial charge >= 0.3 is 0 Å². The Morgan fingerprint density at radius 1 is 0.881 bits per heavy atom. The minimum atomic E-state index is -0.111. The lowest BCUT2D eigenvalue weighted by Gasteiger charge is -2.38. The summed E-state index contributed by atoms with van der Waals surface area (Å²) in [5.41, 5.74) is 7.80. The number of allylic oxidation sites excluding steroid dienone is 5. The molecule has 3 unspecified atom stereocenters. The van der Waals surface area contributed by atoms with Crippen LogP contribution in [0.25, 0.3) is 23.3 Å². The molecule has 3 aromatic carbocycles. The fraction of sp³-hybridized carbons (Fsp3) is 0.289. The predicted molar refractivity (Wildman–Crippen MR) is 172 cm³/mol. The van der Waals surface area contributed by atoms with Crippen molar-refractivity contribution in [2.75, 3.05) is 32.7 Å². The summed E-state index contributed by atoms with van der Waals surface area (Å²) in [7, 11) is 0. The van der Waals surface area contributed by atoms with Crippen LogP contribution in [0.4, 0.5) is 0 Å².